The number of nitrogens with zero attached hydrogens (tertiary/aromatic N) is 1. The van der Waals surface area contributed by atoms with Crippen LogP contribution in [0.4, 0.5) is 0 Å². The molecule has 216 valence electrons. The van der Waals surface area contributed by atoms with Gasteiger partial charge in [-0.25, -0.2) is 9.36 Å². The first-order valence-corrected chi connectivity index (χ1v) is 15.7. The second-order valence-corrected chi connectivity index (χ2v) is 13.5. The standard InChI is InChI=1S/C23H37N2O10PS2/c1-6-19(28)37-12-10-32-36(31,33-11-13-38-20(29)22(3,4)5)34-15-23(7-2)16(26)14-18(35-23)25-9-8-17(27)24-21(25)30/h8-9,16,18,26H,6-7,10-15H2,1-5H3,(H,24,27,30)/t16-,18+,23+,36?/m0/s1. The highest BCUT2D eigenvalue weighted by Crippen LogP contribution is 2.52. The van der Waals surface area contributed by atoms with Crippen molar-refractivity contribution in [3.8, 4) is 0 Å². The van der Waals surface area contributed by atoms with Gasteiger partial charge in [-0.3, -0.25) is 37.5 Å². The highest BCUT2D eigenvalue weighted by molar-refractivity contribution is 8.13. The fraction of sp³-hybridized carbons (Fsp3) is 0.739. The molecule has 4 atom stereocenters. The largest absolute Gasteiger partial charge is 0.474 e. The predicted molar refractivity (Wildman–Crippen MR) is 145 cm³/mol. The van der Waals surface area contributed by atoms with Gasteiger partial charge in [0.25, 0.3) is 5.56 Å². The molecule has 15 heteroatoms. The molecule has 2 heterocycles. The van der Waals surface area contributed by atoms with E-state index >= 15 is 0 Å². The molecule has 0 bridgehead atoms. The van der Waals surface area contributed by atoms with E-state index in [9.17, 15) is 28.8 Å². The Morgan fingerprint density at radius 2 is 1.82 bits per heavy atom. The Labute approximate surface area is 230 Å². The lowest BCUT2D eigenvalue weighted by molar-refractivity contribution is -0.129. The van der Waals surface area contributed by atoms with Crippen molar-refractivity contribution in [3.05, 3.63) is 33.1 Å². The summed E-state index contributed by atoms with van der Waals surface area (Å²) in [7, 11) is -4.19. The van der Waals surface area contributed by atoms with E-state index in [1.54, 1.807) is 34.6 Å². The maximum Gasteiger partial charge on any atom is 0.474 e. The number of thioether (sulfide) groups is 2. The Hall–Kier alpha value is -1.25. The number of carbonyl (C=O) groups is 2. The molecule has 0 spiro atoms. The maximum atomic E-state index is 13.4. The van der Waals surface area contributed by atoms with Crippen molar-refractivity contribution in [3.63, 3.8) is 0 Å². The summed E-state index contributed by atoms with van der Waals surface area (Å²) in [6.45, 7) is 8.26. The highest BCUT2D eigenvalue weighted by atomic mass is 32.2. The molecule has 12 nitrogen and oxygen atoms in total. The monoisotopic (exact) mass is 596 g/mol. The molecular formula is C23H37N2O10PS2. The summed E-state index contributed by atoms with van der Waals surface area (Å²) in [4.78, 5) is 49.4. The number of carbonyl (C=O) groups excluding carboxylic acids is 2. The number of aliphatic hydroxyl groups is 1. The molecule has 1 unspecified atom stereocenters. The minimum absolute atomic E-state index is 0.0243. The van der Waals surface area contributed by atoms with E-state index in [0.717, 1.165) is 28.1 Å². The van der Waals surface area contributed by atoms with Crippen LogP contribution in [-0.4, -0.2) is 67.9 Å². The van der Waals surface area contributed by atoms with Gasteiger partial charge in [-0.05, 0) is 6.42 Å². The van der Waals surface area contributed by atoms with Crippen LogP contribution in [0.3, 0.4) is 0 Å². The number of ether oxygens (including phenoxy) is 1. The summed E-state index contributed by atoms with van der Waals surface area (Å²) < 4.78 is 37.1. The van der Waals surface area contributed by atoms with Gasteiger partial charge in [0.05, 0.1) is 25.9 Å². The normalized spacial score (nSPS) is 23.3. The number of rotatable bonds is 14. The summed E-state index contributed by atoms with van der Waals surface area (Å²) in [6.07, 6.45) is -0.107. The second kappa shape index (κ2) is 14.4. The Morgan fingerprint density at radius 3 is 2.37 bits per heavy atom. The first-order chi connectivity index (χ1) is 17.7. The van der Waals surface area contributed by atoms with Gasteiger partial charge in [0.1, 0.15) is 11.8 Å². The van der Waals surface area contributed by atoms with Gasteiger partial charge in [-0.2, -0.15) is 0 Å². The molecule has 0 saturated carbocycles. The van der Waals surface area contributed by atoms with Gasteiger partial charge in [0.15, 0.2) is 10.2 Å². The first-order valence-electron chi connectivity index (χ1n) is 12.3. The Kier molecular flexibility index (Phi) is 12.5. The number of phosphoric acid groups is 1. The van der Waals surface area contributed by atoms with Crippen LogP contribution < -0.4 is 11.2 Å². The number of hydrogen-bond donors (Lipinski definition) is 2. The molecule has 2 rings (SSSR count). The van der Waals surface area contributed by atoms with E-state index < -0.39 is 42.4 Å². The average Bonchev–Trinajstić information content (AvgIpc) is 3.18. The van der Waals surface area contributed by atoms with Gasteiger partial charge >= 0.3 is 13.5 Å². The smallest absolute Gasteiger partial charge is 0.390 e. The molecule has 1 saturated heterocycles. The van der Waals surface area contributed by atoms with Crippen molar-refractivity contribution in [1.82, 2.24) is 9.55 Å². The van der Waals surface area contributed by atoms with E-state index in [1.165, 1.54) is 12.3 Å². The van der Waals surface area contributed by atoms with Crippen LogP contribution in [0.5, 0.6) is 0 Å². The molecule has 1 aliphatic rings. The summed E-state index contributed by atoms with van der Waals surface area (Å²) in [6, 6.07) is 1.17. The van der Waals surface area contributed by atoms with Crippen LogP contribution in [0.1, 0.15) is 60.1 Å². The van der Waals surface area contributed by atoms with Crippen LogP contribution in [0.15, 0.2) is 21.9 Å². The summed E-state index contributed by atoms with van der Waals surface area (Å²) >= 11 is 2.07. The fourth-order valence-electron chi connectivity index (χ4n) is 3.39. The third-order valence-electron chi connectivity index (χ3n) is 5.69. The molecule has 2 N–H and O–H groups in total. The van der Waals surface area contributed by atoms with Crippen molar-refractivity contribution >= 4 is 41.6 Å². The van der Waals surface area contributed by atoms with Crippen LogP contribution in [-0.2, 0) is 32.5 Å². The van der Waals surface area contributed by atoms with E-state index in [1.807, 2.05) is 0 Å². The molecule has 1 aromatic heterocycles. The van der Waals surface area contributed by atoms with Gasteiger partial charge in [-0.1, -0.05) is 58.1 Å². The Balaban J connectivity index is 2.09. The van der Waals surface area contributed by atoms with Crippen molar-refractivity contribution < 1.29 is 37.6 Å². The number of aromatic nitrogens is 2. The number of nitrogens with one attached hydrogen (secondary N) is 1. The number of aliphatic hydroxyl groups excluding tert-OH is 1. The molecule has 0 aliphatic carbocycles. The number of phosphoric ester groups is 1. The molecule has 1 aliphatic heterocycles. The zero-order chi connectivity index (χ0) is 28.6. The van der Waals surface area contributed by atoms with E-state index in [2.05, 4.69) is 4.98 Å². The lowest BCUT2D eigenvalue weighted by atomic mass is 9.95. The molecule has 1 aromatic rings. The minimum Gasteiger partial charge on any atom is -0.390 e. The van der Waals surface area contributed by atoms with Gasteiger partial charge in [0.2, 0.25) is 0 Å². The molecular weight excluding hydrogens is 559 g/mol. The topological polar surface area (TPSA) is 163 Å². The van der Waals surface area contributed by atoms with Gasteiger partial charge in [-0.15, -0.1) is 0 Å². The Bertz CT molecular complexity index is 1120. The van der Waals surface area contributed by atoms with Crippen LogP contribution in [0, 0.1) is 5.41 Å². The lowest BCUT2D eigenvalue weighted by Crippen LogP contribution is -2.43. The quantitative estimate of drug-likeness (QED) is 0.239. The van der Waals surface area contributed by atoms with Crippen LogP contribution >= 0.6 is 31.3 Å². The number of hydrogen-bond acceptors (Lipinski definition) is 12. The predicted octanol–water partition coefficient (Wildman–Crippen LogP) is 3.10. The average molecular weight is 597 g/mol. The maximum absolute atomic E-state index is 13.4. The van der Waals surface area contributed by atoms with Crippen molar-refractivity contribution in [1.29, 1.82) is 0 Å². The van der Waals surface area contributed by atoms with Crippen LogP contribution in [0.2, 0.25) is 0 Å². The van der Waals surface area contributed by atoms with Crippen molar-refractivity contribution in [2.24, 2.45) is 5.41 Å². The molecule has 1 fully saturated rings. The third kappa shape index (κ3) is 9.44. The molecule has 0 aromatic carbocycles. The van der Waals surface area contributed by atoms with Gasteiger partial charge < -0.3 is 9.84 Å². The summed E-state index contributed by atoms with van der Waals surface area (Å²) in [5, 5.41) is 10.7. The number of aromatic amines is 1. The molecule has 38 heavy (non-hydrogen) atoms. The van der Waals surface area contributed by atoms with E-state index in [4.69, 9.17) is 18.3 Å². The zero-order valence-electron chi connectivity index (χ0n) is 22.3. The van der Waals surface area contributed by atoms with Gasteiger partial charge in [0, 0.05) is 42.0 Å². The number of H-pyrrole nitrogens is 1. The molecule has 0 amide bonds. The summed E-state index contributed by atoms with van der Waals surface area (Å²) in [5.41, 5.74) is -3.14. The van der Waals surface area contributed by atoms with E-state index in [0.29, 0.717) is 6.42 Å². The third-order valence-corrected chi connectivity index (χ3v) is 9.36. The summed E-state index contributed by atoms with van der Waals surface area (Å²) in [5.74, 6) is 0.445. The Morgan fingerprint density at radius 1 is 1.18 bits per heavy atom. The fourth-order valence-corrected chi connectivity index (χ4v) is 6.25. The van der Waals surface area contributed by atoms with Crippen molar-refractivity contribution in [2.75, 3.05) is 31.3 Å². The first kappa shape index (κ1) is 33.0. The van der Waals surface area contributed by atoms with Crippen molar-refractivity contribution in [2.45, 2.75) is 71.8 Å². The lowest BCUT2D eigenvalue weighted by Gasteiger charge is -2.32. The van der Waals surface area contributed by atoms with Crippen LogP contribution in [0.25, 0.3) is 0 Å². The second-order valence-electron chi connectivity index (χ2n) is 9.61. The SMILES string of the molecule is CCC(=O)SCCOP(=O)(OCCSC(=O)C(C)(C)C)OC[C@@]1(CC)O[C@@H](n2ccc(=O)[nH]c2=O)C[C@@H]1O. The minimum atomic E-state index is -4.19. The highest BCUT2D eigenvalue weighted by Gasteiger charge is 2.49. The van der Waals surface area contributed by atoms with E-state index in [-0.39, 0.29) is 54.4 Å². The molecule has 0 radical (unpaired) electrons. The zero-order valence-corrected chi connectivity index (χ0v) is 24.8.